The Kier molecular flexibility index (Phi) is 5.67. The number of carbonyl (C=O) groups is 1. The van der Waals surface area contributed by atoms with Crippen molar-refractivity contribution in [3.05, 3.63) is 23.8 Å². The highest BCUT2D eigenvalue weighted by molar-refractivity contribution is 5.81. The molecular formula is C15H24N2O2. The third-order valence-electron chi connectivity index (χ3n) is 3.07. The minimum atomic E-state index is -0.552. The molecule has 0 aromatic heterocycles. The molecule has 2 unspecified atom stereocenters. The zero-order chi connectivity index (χ0) is 14.4. The van der Waals surface area contributed by atoms with Crippen LogP contribution in [0.3, 0.4) is 0 Å². The third-order valence-corrected chi connectivity index (χ3v) is 3.07. The van der Waals surface area contributed by atoms with Gasteiger partial charge in [0.2, 0.25) is 0 Å². The van der Waals surface area contributed by atoms with Gasteiger partial charge in [-0.15, -0.1) is 0 Å². The maximum atomic E-state index is 12.0. The summed E-state index contributed by atoms with van der Waals surface area (Å²) in [5, 5.41) is 2.93. The quantitative estimate of drug-likeness (QED) is 0.776. The van der Waals surface area contributed by atoms with Gasteiger partial charge in [-0.05, 0) is 38.8 Å². The molecular weight excluding hydrogens is 240 g/mol. The van der Waals surface area contributed by atoms with E-state index < -0.39 is 6.10 Å². The van der Waals surface area contributed by atoms with E-state index >= 15 is 0 Å². The lowest BCUT2D eigenvalue weighted by molar-refractivity contribution is -0.127. The molecule has 1 aromatic carbocycles. The number of hydrogen-bond donors (Lipinski definition) is 2. The van der Waals surface area contributed by atoms with E-state index in [0.717, 1.165) is 18.4 Å². The topological polar surface area (TPSA) is 64.3 Å². The summed E-state index contributed by atoms with van der Waals surface area (Å²) in [6.07, 6.45) is 1.45. The van der Waals surface area contributed by atoms with E-state index in [1.54, 1.807) is 13.0 Å². The fourth-order valence-corrected chi connectivity index (χ4v) is 1.87. The van der Waals surface area contributed by atoms with Crippen molar-refractivity contribution in [1.29, 1.82) is 0 Å². The van der Waals surface area contributed by atoms with Crippen LogP contribution in [0, 0.1) is 6.92 Å². The van der Waals surface area contributed by atoms with Crippen LogP contribution < -0.4 is 15.8 Å². The fourth-order valence-electron chi connectivity index (χ4n) is 1.87. The molecule has 0 saturated carbocycles. The predicted octanol–water partition coefficient (Wildman–Crippen LogP) is 2.65. The van der Waals surface area contributed by atoms with Crippen LogP contribution >= 0.6 is 0 Å². The molecule has 4 nitrogen and oxygen atoms in total. The largest absolute Gasteiger partial charge is 0.479 e. The number of aryl methyl sites for hydroxylation is 1. The van der Waals surface area contributed by atoms with Crippen LogP contribution in [0.4, 0.5) is 5.69 Å². The second kappa shape index (κ2) is 7.02. The molecule has 106 valence electrons. The average molecular weight is 264 g/mol. The standard InChI is InChI=1S/C15H24N2O2/c1-5-7-11(3)17-15(18)12(4)19-13-9-6-8-10(2)14(13)16/h6,8-9,11-12H,5,7,16H2,1-4H3,(H,17,18). The lowest BCUT2D eigenvalue weighted by atomic mass is 10.2. The van der Waals surface area contributed by atoms with E-state index in [4.69, 9.17) is 10.5 Å². The number of nitrogens with one attached hydrogen (secondary N) is 1. The second-order valence-corrected chi connectivity index (χ2v) is 4.95. The Morgan fingerprint density at radius 1 is 1.42 bits per heavy atom. The zero-order valence-corrected chi connectivity index (χ0v) is 12.2. The second-order valence-electron chi connectivity index (χ2n) is 4.95. The van der Waals surface area contributed by atoms with Gasteiger partial charge in [-0.3, -0.25) is 4.79 Å². The number of amides is 1. The maximum Gasteiger partial charge on any atom is 0.260 e. The highest BCUT2D eigenvalue weighted by atomic mass is 16.5. The minimum Gasteiger partial charge on any atom is -0.479 e. The maximum absolute atomic E-state index is 12.0. The third kappa shape index (κ3) is 4.47. The number of anilines is 1. The lowest BCUT2D eigenvalue weighted by Gasteiger charge is -2.19. The Morgan fingerprint density at radius 2 is 2.11 bits per heavy atom. The van der Waals surface area contributed by atoms with Gasteiger partial charge < -0.3 is 15.8 Å². The Morgan fingerprint density at radius 3 is 2.74 bits per heavy atom. The van der Waals surface area contributed by atoms with Gasteiger partial charge in [0.25, 0.3) is 5.91 Å². The van der Waals surface area contributed by atoms with Crippen LogP contribution in [-0.2, 0) is 4.79 Å². The molecule has 0 saturated heterocycles. The summed E-state index contributed by atoms with van der Waals surface area (Å²) in [6.45, 7) is 7.73. The number of carbonyl (C=O) groups excluding carboxylic acids is 1. The van der Waals surface area contributed by atoms with Gasteiger partial charge in [-0.2, -0.15) is 0 Å². The summed E-state index contributed by atoms with van der Waals surface area (Å²) in [7, 11) is 0. The highest BCUT2D eigenvalue weighted by Crippen LogP contribution is 2.25. The van der Waals surface area contributed by atoms with E-state index in [1.165, 1.54) is 0 Å². The van der Waals surface area contributed by atoms with Crippen LogP contribution in [0.2, 0.25) is 0 Å². The summed E-state index contributed by atoms with van der Waals surface area (Å²) in [4.78, 5) is 12.0. The molecule has 1 aromatic rings. The molecule has 0 radical (unpaired) electrons. The molecule has 0 heterocycles. The van der Waals surface area contributed by atoms with Gasteiger partial charge in [0.1, 0.15) is 5.75 Å². The van der Waals surface area contributed by atoms with Crippen molar-refractivity contribution in [2.24, 2.45) is 0 Å². The number of nitrogen functional groups attached to an aromatic ring is 1. The summed E-state index contributed by atoms with van der Waals surface area (Å²) >= 11 is 0. The molecule has 3 N–H and O–H groups in total. The Bertz CT molecular complexity index is 432. The summed E-state index contributed by atoms with van der Waals surface area (Å²) in [6, 6.07) is 5.72. The molecule has 19 heavy (non-hydrogen) atoms. The van der Waals surface area contributed by atoms with E-state index in [-0.39, 0.29) is 11.9 Å². The molecule has 1 rings (SSSR count). The van der Waals surface area contributed by atoms with Gasteiger partial charge in [0.15, 0.2) is 6.10 Å². The van der Waals surface area contributed by atoms with Gasteiger partial charge in [0, 0.05) is 6.04 Å². The molecule has 4 heteroatoms. The van der Waals surface area contributed by atoms with Crippen LogP contribution in [0.25, 0.3) is 0 Å². The SMILES string of the molecule is CCCC(C)NC(=O)C(C)Oc1cccc(C)c1N. The molecule has 1 amide bonds. The highest BCUT2D eigenvalue weighted by Gasteiger charge is 2.17. The van der Waals surface area contributed by atoms with Gasteiger partial charge in [-0.25, -0.2) is 0 Å². The van der Waals surface area contributed by atoms with E-state index in [2.05, 4.69) is 12.2 Å². The Labute approximate surface area is 115 Å². The summed E-state index contributed by atoms with van der Waals surface area (Å²) in [5.41, 5.74) is 7.46. The van der Waals surface area contributed by atoms with Crippen LogP contribution in [0.1, 0.15) is 39.2 Å². The van der Waals surface area contributed by atoms with Crippen molar-refractivity contribution in [3.63, 3.8) is 0 Å². The smallest absolute Gasteiger partial charge is 0.260 e. The van der Waals surface area contributed by atoms with E-state index in [0.29, 0.717) is 11.4 Å². The number of nitrogens with two attached hydrogens (primary N) is 1. The van der Waals surface area contributed by atoms with Crippen LogP contribution in [-0.4, -0.2) is 18.1 Å². The Balaban J connectivity index is 2.61. The van der Waals surface area contributed by atoms with Crippen molar-refractivity contribution < 1.29 is 9.53 Å². The van der Waals surface area contributed by atoms with Crippen molar-refractivity contribution in [1.82, 2.24) is 5.32 Å². The van der Waals surface area contributed by atoms with Crippen molar-refractivity contribution in [2.75, 3.05) is 5.73 Å². The first-order valence-electron chi connectivity index (χ1n) is 6.77. The predicted molar refractivity (Wildman–Crippen MR) is 78.2 cm³/mol. The van der Waals surface area contributed by atoms with Crippen molar-refractivity contribution in [2.45, 2.75) is 52.7 Å². The van der Waals surface area contributed by atoms with Gasteiger partial charge in [-0.1, -0.05) is 25.5 Å². The lowest BCUT2D eigenvalue weighted by Crippen LogP contribution is -2.41. The van der Waals surface area contributed by atoms with Gasteiger partial charge >= 0.3 is 0 Å². The molecule has 0 aliphatic carbocycles. The fraction of sp³-hybridized carbons (Fsp3) is 0.533. The molecule has 0 spiro atoms. The number of hydrogen-bond acceptors (Lipinski definition) is 3. The monoisotopic (exact) mass is 264 g/mol. The molecule has 2 atom stereocenters. The number of rotatable bonds is 6. The first-order chi connectivity index (χ1) is 8.95. The molecule has 0 fully saturated rings. The number of ether oxygens (including phenoxy) is 1. The molecule has 0 aliphatic heterocycles. The summed E-state index contributed by atoms with van der Waals surface area (Å²) in [5.74, 6) is 0.452. The first kappa shape index (κ1) is 15.3. The molecule has 0 bridgehead atoms. The molecule has 0 aliphatic rings. The number of benzene rings is 1. The zero-order valence-electron chi connectivity index (χ0n) is 12.2. The summed E-state index contributed by atoms with van der Waals surface area (Å²) < 4.78 is 5.63. The average Bonchev–Trinajstić information content (AvgIpc) is 2.35. The Hall–Kier alpha value is -1.71. The van der Waals surface area contributed by atoms with E-state index in [1.807, 2.05) is 26.0 Å². The van der Waals surface area contributed by atoms with Crippen molar-refractivity contribution >= 4 is 11.6 Å². The van der Waals surface area contributed by atoms with Crippen molar-refractivity contribution in [3.8, 4) is 5.75 Å². The van der Waals surface area contributed by atoms with E-state index in [9.17, 15) is 4.79 Å². The number of para-hydroxylation sites is 1. The minimum absolute atomic E-state index is 0.109. The normalized spacial score (nSPS) is 13.7. The van der Waals surface area contributed by atoms with Crippen LogP contribution in [0.5, 0.6) is 5.75 Å². The van der Waals surface area contributed by atoms with Gasteiger partial charge in [0.05, 0.1) is 5.69 Å². The van der Waals surface area contributed by atoms with Crippen LogP contribution in [0.15, 0.2) is 18.2 Å². The first-order valence-corrected chi connectivity index (χ1v) is 6.77.